The molecule has 4 aromatic rings. The van der Waals surface area contributed by atoms with Crippen molar-refractivity contribution in [1.29, 1.82) is 0 Å². The van der Waals surface area contributed by atoms with E-state index in [0.29, 0.717) is 5.56 Å². The van der Waals surface area contributed by atoms with Gasteiger partial charge in [0.1, 0.15) is 5.52 Å². The minimum Gasteiger partial charge on any atom is -0.324 e. The van der Waals surface area contributed by atoms with Gasteiger partial charge >= 0.3 is 0 Å². The first-order chi connectivity index (χ1) is 15.2. The maximum absolute atomic E-state index is 11.1. The highest BCUT2D eigenvalue weighted by Crippen LogP contribution is 2.27. The molecule has 0 atom stereocenters. The van der Waals surface area contributed by atoms with Crippen molar-refractivity contribution in [3.63, 3.8) is 0 Å². The molecule has 0 fully saturated rings. The van der Waals surface area contributed by atoms with Crippen LogP contribution in [-0.2, 0) is 6.54 Å². The number of benzene rings is 2. The van der Waals surface area contributed by atoms with Gasteiger partial charge in [-0.15, -0.1) is 10.2 Å². The Morgan fingerprint density at radius 1 is 1.10 bits per heavy atom. The van der Waals surface area contributed by atoms with Crippen LogP contribution < -0.4 is 5.43 Å². The van der Waals surface area contributed by atoms with Crippen molar-refractivity contribution in [1.82, 2.24) is 19.7 Å². The van der Waals surface area contributed by atoms with Crippen molar-refractivity contribution in [3.8, 4) is 0 Å². The Hall–Kier alpha value is -3.88. The van der Waals surface area contributed by atoms with Crippen LogP contribution in [0.5, 0.6) is 0 Å². The lowest BCUT2D eigenvalue weighted by Gasteiger charge is -2.06. The average Bonchev–Trinajstić information content (AvgIpc) is 3.10. The van der Waals surface area contributed by atoms with E-state index in [1.807, 2.05) is 18.2 Å². The van der Waals surface area contributed by atoms with E-state index in [9.17, 15) is 10.1 Å². The molecule has 0 aliphatic heterocycles. The summed E-state index contributed by atoms with van der Waals surface area (Å²) in [6.45, 7) is 3.04. The van der Waals surface area contributed by atoms with Gasteiger partial charge in [0.15, 0.2) is 5.65 Å². The maximum Gasteiger partial charge on any atom is 0.278 e. The molecule has 0 saturated heterocycles. The molecule has 0 bridgehead atoms. The minimum atomic E-state index is -0.442. The van der Waals surface area contributed by atoms with E-state index < -0.39 is 4.92 Å². The largest absolute Gasteiger partial charge is 0.324 e. The van der Waals surface area contributed by atoms with Crippen molar-refractivity contribution in [2.45, 2.75) is 39.2 Å². The lowest BCUT2D eigenvalue weighted by atomic mass is 10.2. The minimum absolute atomic E-state index is 0.0187. The molecular weight excluding hydrogens is 394 g/mol. The van der Waals surface area contributed by atoms with E-state index >= 15 is 0 Å². The number of hydrazone groups is 1. The molecule has 0 radical (unpaired) electrons. The fraction of sp³-hybridized carbons (Fsp3) is 0.273. The Morgan fingerprint density at radius 2 is 1.90 bits per heavy atom. The molecule has 2 heterocycles. The van der Waals surface area contributed by atoms with Crippen molar-refractivity contribution in [3.05, 3.63) is 64.2 Å². The Bertz CT molecular complexity index is 1250. The van der Waals surface area contributed by atoms with Gasteiger partial charge in [0.05, 0.1) is 22.2 Å². The van der Waals surface area contributed by atoms with Gasteiger partial charge in [-0.2, -0.15) is 10.1 Å². The number of fused-ring (bicyclic) bond motifs is 3. The van der Waals surface area contributed by atoms with Crippen LogP contribution in [0.4, 0.5) is 11.6 Å². The maximum atomic E-state index is 11.1. The third-order valence-electron chi connectivity index (χ3n) is 5.11. The second-order valence-electron chi connectivity index (χ2n) is 7.22. The summed E-state index contributed by atoms with van der Waals surface area (Å²) in [6, 6.07) is 14.5. The molecule has 2 aromatic carbocycles. The molecule has 0 aliphatic rings. The Kier molecular flexibility index (Phi) is 6.11. The predicted molar refractivity (Wildman–Crippen MR) is 121 cm³/mol. The molecule has 0 aliphatic carbocycles. The normalized spacial score (nSPS) is 11.5. The summed E-state index contributed by atoms with van der Waals surface area (Å²) in [6.07, 6.45) is 5.99. The van der Waals surface area contributed by atoms with Crippen LogP contribution in [0.2, 0.25) is 0 Å². The Balaban J connectivity index is 1.63. The molecule has 9 nitrogen and oxygen atoms in total. The van der Waals surface area contributed by atoms with E-state index in [1.54, 1.807) is 18.2 Å². The van der Waals surface area contributed by atoms with Gasteiger partial charge in [0, 0.05) is 18.0 Å². The van der Waals surface area contributed by atoms with E-state index in [2.05, 4.69) is 43.3 Å². The van der Waals surface area contributed by atoms with Crippen LogP contribution >= 0.6 is 0 Å². The molecule has 0 saturated carbocycles. The SMILES string of the molecule is CCCCCCn1c2ccccc2c2nnc(N/N=C/c3ccccc3[N+](=O)[O-])nc21. The van der Waals surface area contributed by atoms with Gasteiger partial charge in [-0.1, -0.05) is 56.5 Å². The molecule has 0 amide bonds. The third kappa shape index (κ3) is 4.35. The monoisotopic (exact) mass is 417 g/mol. The molecular formula is C22H23N7O2. The molecule has 4 rings (SSSR count). The van der Waals surface area contributed by atoms with Gasteiger partial charge in [-0.25, -0.2) is 5.43 Å². The van der Waals surface area contributed by atoms with E-state index in [-0.39, 0.29) is 11.6 Å². The van der Waals surface area contributed by atoms with Crippen LogP contribution in [0.3, 0.4) is 0 Å². The van der Waals surface area contributed by atoms with E-state index in [0.717, 1.165) is 41.5 Å². The van der Waals surface area contributed by atoms with Gasteiger partial charge in [0.25, 0.3) is 11.6 Å². The lowest BCUT2D eigenvalue weighted by Crippen LogP contribution is -2.04. The first-order valence-electron chi connectivity index (χ1n) is 10.3. The molecule has 158 valence electrons. The first-order valence-corrected chi connectivity index (χ1v) is 10.3. The van der Waals surface area contributed by atoms with Gasteiger partial charge in [0.2, 0.25) is 0 Å². The Labute approximate surface area is 179 Å². The quantitative estimate of drug-likeness (QED) is 0.179. The standard InChI is InChI=1S/C22H23N7O2/c1-2-3-4-9-14-28-19-13-8-6-11-17(19)20-21(28)24-22(27-25-20)26-23-15-16-10-5-7-12-18(16)29(30)31/h5-8,10-13,15H,2-4,9,14H2,1H3,(H,24,26,27)/b23-15+. The first kappa shape index (κ1) is 20.4. The van der Waals surface area contributed by atoms with Crippen LogP contribution in [0, 0.1) is 10.1 Å². The van der Waals surface area contributed by atoms with E-state index in [4.69, 9.17) is 0 Å². The van der Waals surface area contributed by atoms with Crippen molar-refractivity contribution in [2.24, 2.45) is 5.10 Å². The zero-order valence-electron chi connectivity index (χ0n) is 17.2. The number of nitro benzene ring substituents is 1. The van der Waals surface area contributed by atoms with Gasteiger partial charge in [-0.05, 0) is 18.6 Å². The zero-order valence-corrected chi connectivity index (χ0v) is 17.2. The highest BCUT2D eigenvalue weighted by Gasteiger charge is 2.14. The number of aromatic nitrogens is 4. The van der Waals surface area contributed by atoms with Crippen LogP contribution in [0.15, 0.2) is 53.6 Å². The molecule has 2 aromatic heterocycles. The number of rotatable bonds is 9. The molecule has 9 heteroatoms. The van der Waals surface area contributed by atoms with Crippen molar-refractivity contribution in [2.75, 3.05) is 5.43 Å². The fourth-order valence-electron chi connectivity index (χ4n) is 3.60. The zero-order chi connectivity index (χ0) is 21.6. The highest BCUT2D eigenvalue weighted by molar-refractivity contribution is 6.04. The van der Waals surface area contributed by atoms with Crippen molar-refractivity contribution < 1.29 is 4.92 Å². The number of hydrogen-bond acceptors (Lipinski definition) is 7. The third-order valence-corrected chi connectivity index (χ3v) is 5.11. The topological polar surface area (TPSA) is 111 Å². The summed E-state index contributed by atoms with van der Waals surface area (Å²) in [5, 5.41) is 24.7. The molecule has 31 heavy (non-hydrogen) atoms. The molecule has 1 N–H and O–H groups in total. The lowest BCUT2D eigenvalue weighted by molar-refractivity contribution is -0.385. The van der Waals surface area contributed by atoms with Crippen LogP contribution in [0.25, 0.3) is 22.1 Å². The number of unbranched alkanes of at least 4 members (excludes halogenated alkanes) is 3. The summed E-state index contributed by atoms with van der Waals surface area (Å²) in [5.74, 6) is 0.236. The Morgan fingerprint density at radius 3 is 2.74 bits per heavy atom. The smallest absolute Gasteiger partial charge is 0.278 e. The highest BCUT2D eigenvalue weighted by atomic mass is 16.6. The molecule has 0 unspecified atom stereocenters. The van der Waals surface area contributed by atoms with E-state index in [1.165, 1.54) is 25.1 Å². The summed E-state index contributed by atoms with van der Waals surface area (Å²) in [5.41, 5.74) is 5.69. The number of hydrogen-bond donors (Lipinski definition) is 1. The van der Waals surface area contributed by atoms with Crippen molar-refractivity contribution >= 4 is 39.9 Å². The number of nitrogens with zero attached hydrogens (tertiary/aromatic N) is 6. The summed E-state index contributed by atoms with van der Waals surface area (Å²) in [4.78, 5) is 15.3. The summed E-state index contributed by atoms with van der Waals surface area (Å²) in [7, 11) is 0. The number of nitrogens with one attached hydrogen (secondary N) is 1. The predicted octanol–water partition coefficient (Wildman–Crippen LogP) is 4.91. The summed E-state index contributed by atoms with van der Waals surface area (Å²) < 4.78 is 2.17. The second-order valence-corrected chi connectivity index (χ2v) is 7.22. The fourth-order valence-corrected chi connectivity index (χ4v) is 3.60. The van der Waals surface area contributed by atoms with Gasteiger partial charge in [-0.3, -0.25) is 10.1 Å². The average molecular weight is 417 g/mol. The van der Waals surface area contributed by atoms with Gasteiger partial charge < -0.3 is 4.57 Å². The van der Waals surface area contributed by atoms with Crippen LogP contribution in [0.1, 0.15) is 38.2 Å². The van der Waals surface area contributed by atoms with Crippen LogP contribution in [-0.4, -0.2) is 30.9 Å². The number of para-hydroxylation sites is 2. The number of aryl methyl sites for hydroxylation is 1. The number of anilines is 1. The summed E-state index contributed by atoms with van der Waals surface area (Å²) >= 11 is 0. The second kappa shape index (κ2) is 9.29. The molecule has 0 spiro atoms. The number of nitro groups is 1.